The standard InChI is InChI=1S/C23H30N2O2/c1-23(2)15-20(22(27)24-23)21(26)13-14-25(16-18-9-5-3-6-10-18)17-19-11-7-4-8-12-19/h3-12,20-21,26H,13-17H2,1-2H3,(H,24,27). The van der Waals surface area contributed by atoms with E-state index in [1.807, 2.05) is 26.0 Å². The highest BCUT2D eigenvalue weighted by Gasteiger charge is 2.40. The van der Waals surface area contributed by atoms with E-state index in [0.29, 0.717) is 12.8 Å². The lowest BCUT2D eigenvalue weighted by molar-refractivity contribution is -0.125. The highest BCUT2D eigenvalue weighted by Crippen LogP contribution is 2.28. The molecule has 0 radical (unpaired) electrons. The van der Waals surface area contributed by atoms with Gasteiger partial charge in [0.1, 0.15) is 0 Å². The SMILES string of the molecule is CC1(C)CC(C(O)CCN(Cc2ccccc2)Cc2ccccc2)C(=O)N1. The van der Waals surface area contributed by atoms with Crippen LogP contribution in [0.4, 0.5) is 0 Å². The van der Waals surface area contributed by atoms with Crippen LogP contribution in [-0.4, -0.2) is 34.1 Å². The molecule has 0 spiro atoms. The summed E-state index contributed by atoms with van der Waals surface area (Å²) in [5.41, 5.74) is 2.28. The molecule has 2 atom stereocenters. The summed E-state index contributed by atoms with van der Waals surface area (Å²) in [6, 6.07) is 20.8. The van der Waals surface area contributed by atoms with E-state index in [-0.39, 0.29) is 17.4 Å². The van der Waals surface area contributed by atoms with Crippen LogP contribution in [0.1, 0.15) is 37.8 Å². The zero-order valence-corrected chi connectivity index (χ0v) is 16.3. The number of aliphatic hydroxyl groups excluding tert-OH is 1. The summed E-state index contributed by atoms with van der Waals surface area (Å²) in [5.74, 6) is -0.333. The minimum Gasteiger partial charge on any atom is -0.392 e. The van der Waals surface area contributed by atoms with Gasteiger partial charge in [0.05, 0.1) is 12.0 Å². The molecule has 1 aliphatic rings. The highest BCUT2D eigenvalue weighted by molar-refractivity contribution is 5.82. The molecular formula is C23H30N2O2. The Morgan fingerprint density at radius 1 is 1.04 bits per heavy atom. The van der Waals surface area contributed by atoms with Crippen molar-refractivity contribution in [2.24, 2.45) is 5.92 Å². The third-order valence-electron chi connectivity index (χ3n) is 5.23. The monoisotopic (exact) mass is 366 g/mol. The Morgan fingerprint density at radius 3 is 2.00 bits per heavy atom. The van der Waals surface area contributed by atoms with Crippen LogP contribution in [0.25, 0.3) is 0 Å². The van der Waals surface area contributed by atoms with Gasteiger partial charge in [-0.05, 0) is 37.8 Å². The second kappa shape index (κ2) is 8.68. The lowest BCUT2D eigenvalue weighted by Gasteiger charge is -2.25. The number of benzene rings is 2. The normalized spacial score (nSPS) is 19.9. The van der Waals surface area contributed by atoms with Gasteiger partial charge in [0.15, 0.2) is 0 Å². The molecule has 1 saturated heterocycles. The smallest absolute Gasteiger partial charge is 0.226 e. The molecule has 2 aromatic carbocycles. The van der Waals surface area contributed by atoms with E-state index in [1.54, 1.807) is 0 Å². The quantitative estimate of drug-likeness (QED) is 0.753. The molecule has 4 heteroatoms. The van der Waals surface area contributed by atoms with Crippen molar-refractivity contribution in [1.82, 2.24) is 10.2 Å². The molecule has 1 fully saturated rings. The zero-order valence-electron chi connectivity index (χ0n) is 16.3. The summed E-state index contributed by atoms with van der Waals surface area (Å²) in [6.07, 6.45) is 0.666. The van der Waals surface area contributed by atoms with Crippen molar-refractivity contribution in [2.45, 2.75) is 51.4 Å². The Balaban J connectivity index is 1.63. The number of nitrogens with zero attached hydrogens (tertiary/aromatic N) is 1. The average molecular weight is 367 g/mol. The number of carbonyl (C=O) groups is 1. The third-order valence-corrected chi connectivity index (χ3v) is 5.23. The molecule has 0 aromatic heterocycles. The van der Waals surface area contributed by atoms with E-state index in [9.17, 15) is 9.90 Å². The van der Waals surface area contributed by atoms with Crippen LogP contribution >= 0.6 is 0 Å². The minimum absolute atomic E-state index is 0.0230. The first kappa shape index (κ1) is 19.6. The van der Waals surface area contributed by atoms with E-state index < -0.39 is 6.10 Å². The van der Waals surface area contributed by atoms with Crippen LogP contribution in [0.3, 0.4) is 0 Å². The molecule has 27 heavy (non-hydrogen) atoms. The number of rotatable bonds is 8. The molecule has 2 N–H and O–H groups in total. The first-order valence-corrected chi connectivity index (χ1v) is 9.73. The molecule has 0 saturated carbocycles. The first-order valence-electron chi connectivity index (χ1n) is 9.73. The van der Waals surface area contributed by atoms with Crippen LogP contribution in [0.2, 0.25) is 0 Å². The van der Waals surface area contributed by atoms with Gasteiger partial charge in [-0.25, -0.2) is 0 Å². The van der Waals surface area contributed by atoms with Gasteiger partial charge in [0, 0.05) is 25.2 Å². The zero-order chi connectivity index (χ0) is 19.3. The fourth-order valence-electron chi connectivity index (χ4n) is 3.84. The molecule has 0 aliphatic carbocycles. The topological polar surface area (TPSA) is 52.6 Å². The van der Waals surface area contributed by atoms with E-state index in [4.69, 9.17) is 0 Å². The Morgan fingerprint density at radius 2 is 1.56 bits per heavy atom. The summed E-state index contributed by atoms with van der Waals surface area (Å²) in [7, 11) is 0. The number of aliphatic hydroxyl groups is 1. The Bertz CT molecular complexity index is 689. The van der Waals surface area contributed by atoms with E-state index in [1.165, 1.54) is 11.1 Å². The van der Waals surface area contributed by atoms with Gasteiger partial charge in [-0.1, -0.05) is 60.7 Å². The molecule has 1 heterocycles. The van der Waals surface area contributed by atoms with Crippen LogP contribution in [0.15, 0.2) is 60.7 Å². The number of hydrogen-bond donors (Lipinski definition) is 2. The van der Waals surface area contributed by atoms with Gasteiger partial charge >= 0.3 is 0 Å². The largest absolute Gasteiger partial charge is 0.392 e. The molecule has 2 unspecified atom stereocenters. The van der Waals surface area contributed by atoms with Crippen LogP contribution in [0.5, 0.6) is 0 Å². The Labute approximate surface area is 162 Å². The van der Waals surface area contributed by atoms with E-state index in [2.05, 4.69) is 58.7 Å². The van der Waals surface area contributed by atoms with Gasteiger partial charge in [0.25, 0.3) is 0 Å². The predicted molar refractivity (Wildman–Crippen MR) is 108 cm³/mol. The summed E-state index contributed by atoms with van der Waals surface area (Å²) >= 11 is 0. The molecule has 4 nitrogen and oxygen atoms in total. The fourth-order valence-corrected chi connectivity index (χ4v) is 3.84. The lowest BCUT2D eigenvalue weighted by atomic mass is 9.91. The van der Waals surface area contributed by atoms with Crippen molar-refractivity contribution in [3.63, 3.8) is 0 Å². The number of hydrogen-bond acceptors (Lipinski definition) is 3. The van der Waals surface area contributed by atoms with E-state index in [0.717, 1.165) is 19.6 Å². The van der Waals surface area contributed by atoms with Crippen molar-refractivity contribution < 1.29 is 9.90 Å². The summed E-state index contributed by atoms with van der Waals surface area (Å²) in [6.45, 7) is 6.41. The maximum absolute atomic E-state index is 12.2. The summed E-state index contributed by atoms with van der Waals surface area (Å²) in [4.78, 5) is 14.5. The molecule has 144 valence electrons. The van der Waals surface area contributed by atoms with Crippen molar-refractivity contribution in [3.8, 4) is 0 Å². The number of amides is 1. The van der Waals surface area contributed by atoms with Gasteiger partial charge in [-0.2, -0.15) is 0 Å². The molecule has 1 aliphatic heterocycles. The second-order valence-electron chi connectivity index (χ2n) is 8.22. The second-order valence-corrected chi connectivity index (χ2v) is 8.22. The maximum Gasteiger partial charge on any atom is 0.226 e. The molecule has 1 amide bonds. The van der Waals surface area contributed by atoms with Crippen molar-refractivity contribution in [3.05, 3.63) is 71.8 Å². The molecule has 2 aromatic rings. The Hall–Kier alpha value is -2.17. The minimum atomic E-state index is -0.610. The van der Waals surface area contributed by atoms with E-state index >= 15 is 0 Å². The number of carbonyl (C=O) groups excluding carboxylic acids is 1. The van der Waals surface area contributed by atoms with Crippen LogP contribution < -0.4 is 5.32 Å². The summed E-state index contributed by atoms with van der Waals surface area (Å²) in [5, 5.41) is 13.6. The lowest BCUT2D eigenvalue weighted by Crippen LogP contribution is -2.35. The van der Waals surface area contributed by atoms with Gasteiger partial charge in [-0.3, -0.25) is 9.69 Å². The first-order chi connectivity index (χ1) is 12.9. The van der Waals surface area contributed by atoms with Crippen molar-refractivity contribution in [2.75, 3.05) is 6.54 Å². The van der Waals surface area contributed by atoms with Gasteiger partial charge in [-0.15, -0.1) is 0 Å². The molecule has 0 bridgehead atoms. The Kier molecular flexibility index (Phi) is 6.30. The molecule has 3 rings (SSSR count). The van der Waals surface area contributed by atoms with Crippen LogP contribution in [0, 0.1) is 5.92 Å². The third kappa shape index (κ3) is 5.65. The maximum atomic E-state index is 12.2. The molecular weight excluding hydrogens is 336 g/mol. The van der Waals surface area contributed by atoms with Crippen LogP contribution in [-0.2, 0) is 17.9 Å². The highest BCUT2D eigenvalue weighted by atomic mass is 16.3. The average Bonchev–Trinajstić information content (AvgIpc) is 2.94. The van der Waals surface area contributed by atoms with Gasteiger partial charge < -0.3 is 10.4 Å². The predicted octanol–water partition coefficient (Wildman–Crippen LogP) is 3.35. The number of nitrogens with one attached hydrogen (secondary N) is 1. The van der Waals surface area contributed by atoms with Gasteiger partial charge in [0.2, 0.25) is 5.91 Å². The van der Waals surface area contributed by atoms with Crippen molar-refractivity contribution >= 4 is 5.91 Å². The fraction of sp³-hybridized carbons (Fsp3) is 0.435. The van der Waals surface area contributed by atoms with Crippen molar-refractivity contribution in [1.29, 1.82) is 0 Å². The summed E-state index contributed by atoms with van der Waals surface area (Å²) < 4.78 is 0.